The average molecular weight is 861 g/mol. The molecule has 6 rings (SSSR count). The molecule has 60 heavy (non-hydrogen) atoms. The third-order valence-electron chi connectivity index (χ3n) is 14.1. The van der Waals surface area contributed by atoms with Gasteiger partial charge in [-0.3, -0.25) is 9.59 Å². The van der Waals surface area contributed by atoms with E-state index in [2.05, 4.69) is 0 Å². The van der Waals surface area contributed by atoms with E-state index in [1.54, 1.807) is 73.6 Å². The predicted octanol–water partition coefficient (Wildman–Crippen LogP) is 7.26. The Morgan fingerprint density at radius 2 is 1.68 bits per heavy atom. The van der Waals surface area contributed by atoms with Gasteiger partial charge in [-0.25, -0.2) is 19.5 Å². The number of carboxylic acid groups (broad SMARTS) is 2. The van der Waals surface area contributed by atoms with Gasteiger partial charge >= 0.3 is 24.2 Å². The van der Waals surface area contributed by atoms with Gasteiger partial charge in [0.2, 0.25) is 17.0 Å². The fraction of sp³-hybridized carbons (Fsp3) is 0.705. The number of hydroxylamine groups is 1. The van der Waals surface area contributed by atoms with Gasteiger partial charge in [0.05, 0.1) is 28.6 Å². The number of aliphatic hydroxyl groups is 1. The van der Waals surface area contributed by atoms with E-state index < -0.39 is 93.1 Å². The molecule has 2 aliphatic heterocycles. The maximum atomic E-state index is 15.2. The molecule has 0 bridgehead atoms. The molecule has 5 aliphatic rings. The molecule has 3 N–H and O–H groups in total. The van der Waals surface area contributed by atoms with Crippen LogP contribution in [0.2, 0.25) is 5.02 Å². The van der Waals surface area contributed by atoms with Crippen molar-refractivity contribution in [2.45, 2.75) is 155 Å². The van der Waals surface area contributed by atoms with Crippen molar-refractivity contribution < 1.29 is 62.8 Å². The summed E-state index contributed by atoms with van der Waals surface area (Å²) in [5, 5.41) is 39.8. The Morgan fingerprint density at radius 3 is 2.20 bits per heavy atom. The van der Waals surface area contributed by atoms with Gasteiger partial charge in [0.1, 0.15) is 17.2 Å². The van der Waals surface area contributed by atoms with Crippen molar-refractivity contribution in [3.63, 3.8) is 0 Å². The zero-order chi connectivity index (χ0) is 44.9. The molecule has 1 aromatic rings. The van der Waals surface area contributed by atoms with Crippen LogP contribution in [0.3, 0.4) is 0 Å². The summed E-state index contributed by atoms with van der Waals surface area (Å²) in [5.74, 6) is -6.13. The molecular formula is C44H63ClN3O12+. The average Bonchev–Trinajstić information content (AvgIpc) is 3.90. The summed E-state index contributed by atoms with van der Waals surface area (Å²) in [6, 6.07) is 4.88. The standard InChI is InChI=1S/C44H62ClN3O12/c1-23-20-31-29(24(2)21-47(26(4)49)28-17-18-28)19-16-25(3)44(31,56)35(34(23)57-27(5)50)42(37(51)52)22-43(59-39(55)58-41(9,10)11)30-14-13-15-32(45)33(30)46(12)60-36(43)48(42,38(53)54)40(6,7)8/h13-15,20,24-25,28-29,31,34-36,56H,16-19,21-22H2,1-12H3,(H-,51,52,53,54)/p+1/t24?,25-,29+,31-,34+,35-,36-,42+,43-,44-,48?/m1/s1. The third kappa shape index (κ3) is 6.76. The maximum absolute atomic E-state index is 15.2. The van der Waals surface area contributed by atoms with Gasteiger partial charge in [-0.2, -0.15) is 9.28 Å². The lowest BCUT2D eigenvalue weighted by Gasteiger charge is -2.63. The summed E-state index contributed by atoms with van der Waals surface area (Å²) >= 11 is 6.83. The second-order valence-corrected chi connectivity index (χ2v) is 20.4. The molecule has 16 heteroatoms. The monoisotopic (exact) mass is 860 g/mol. The minimum absolute atomic E-state index is 0.0558. The lowest BCUT2D eigenvalue weighted by atomic mass is 9.48. The smallest absolute Gasteiger partial charge is 0.477 e. The number of hydrogen-bond donors (Lipinski definition) is 3. The van der Waals surface area contributed by atoms with E-state index >= 15 is 4.79 Å². The van der Waals surface area contributed by atoms with Crippen LogP contribution < -0.4 is 5.06 Å². The molecule has 3 fully saturated rings. The van der Waals surface area contributed by atoms with Crippen molar-refractivity contribution in [3.8, 4) is 0 Å². The number of benzene rings is 1. The number of hydrogen-bond acceptors (Lipinski definition) is 11. The van der Waals surface area contributed by atoms with Crippen LogP contribution in [0.15, 0.2) is 29.8 Å². The minimum Gasteiger partial charge on any atom is -0.477 e. The number of anilines is 1. The number of quaternary nitrogens is 1. The van der Waals surface area contributed by atoms with Crippen molar-refractivity contribution in [2.75, 3.05) is 18.7 Å². The first kappa shape index (κ1) is 45.6. The van der Waals surface area contributed by atoms with E-state index in [-0.39, 0.29) is 40.1 Å². The summed E-state index contributed by atoms with van der Waals surface area (Å²) in [6.45, 7) is 18.2. The van der Waals surface area contributed by atoms with E-state index in [4.69, 9.17) is 30.6 Å². The zero-order valence-corrected chi connectivity index (χ0v) is 37.7. The molecule has 3 aliphatic carbocycles. The summed E-state index contributed by atoms with van der Waals surface area (Å²) in [7, 11) is 1.50. The molecule has 0 aromatic heterocycles. The minimum atomic E-state index is -2.71. The molecular weight excluding hydrogens is 798 g/mol. The first-order valence-corrected chi connectivity index (χ1v) is 21.3. The molecule has 332 valence electrons. The molecule has 0 radical (unpaired) electrons. The van der Waals surface area contributed by atoms with Gasteiger partial charge in [0.25, 0.3) is 6.23 Å². The Kier molecular flexibility index (Phi) is 11.5. The summed E-state index contributed by atoms with van der Waals surface area (Å²) < 4.78 is 16.8. The Labute approximate surface area is 357 Å². The first-order valence-electron chi connectivity index (χ1n) is 21.0. The van der Waals surface area contributed by atoms with Crippen LogP contribution in [0.5, 0.6) is 0 Å². The van der Waals surface area contributed by atoms with Crippen molar-refractivity contribution in [2.24, 2.45) is 29.6 Å². The largest absolute Gasteiger partial charge is 0.517 e. The molecule has 2 heterocycles. The molecule has 1 aromatic carbocycles. The Bertz CT molecular complexity index is 1970. The number of carbonyl (C=O) groups excluding carboxylic acids is 3. The van der Waals surface area contributed by atoms with E-state index in [9.17, 15) is 34.5 Å². The van der Waals surface area contributed by atoms with Crippen LogP contribution in [0, 0.1) is 29.6 Å². The van der Waals surface area contributed by atoms with Crippen LogP contribution in [-0.4, -0.2) is 109 Å². The van der Waals surface area contributed by atoms with Gasteiger partial charge in [0, 0.05) is 45.0 Å². The van der Waals surface area contributed by atoms with Crippen molar-refractivity contribution >= 4 is 47.4 Å². The SMILES string of the molecule is CC(=O)O[C@H]1C(C)=C[C@@H]2[C@H](C(C)CN(C(C)=O)C3CC3)CC[C@@H](C)[C@]2(O)[C@H]1[C@]1(C(=O)O)C[C@@]2(OC(=O)OC(C)(C)C)c3cccc(Cl)c3N(C)O[C@H]2[N+]1(C(=O)O)C(C)(C)C. The number of para-hydroxylation sites is 1. The third-order valence-corrected chi connectivity index (χ3v) is 14.4. The zero-order valence-electron chi connectivity index (χ0n) is 36.9. The Morgan fingerprint density at radius 1 is 1.05 bits per heavy atom. The van der Waals surface area contributed by atoms with Crippen molar-refractivity contribution in [1.82, 2.24) is 4.90 Å². The van der Waals surface area contributed by atoms with Gasteiger partial charge < -0.3 is 34.4 Å². The molecule has 15 nitrogen and oxygen atoms in total. The van der Waals surface area contributed by atoms with Gasteiger partial charge in [0.15, 0.2) is 0 Å². The second kappa shape index (κ2) is 15.2. The van der Waals surface area contributed by atoms with Gasteiger partial charge in [-0.1, -0.05) is 43.7 Å². The second-order valence-electron chi connectivity index (χ2n) is 20.0. The topological polar surface area (TPSA) is 189 Å². The fourth-order valence-corrected chi connectivity index (χ4v) is 12.1. The highest BCUT2D eigenvalue weighted by Gasteiger charge is 2.90. The number of fused-ring (bicyclic) bond motifs is 4. The predicted molar refractivity (Wildman–Crippen MR) is 219 cm³/mol. The molecule has 1 saturated heterocycles. The fourth-order valence-electron chi connectivity index (χ4n) is 11.8. The van der Waals surface area contributed by atoms with Gasteiger partial charge in [-0.05, 0) is 104 Å². The number of carboxylic acids is 1. The number of nitrogens with zero attached hydrogens (tertiary/aromatic N) is 3. The Hall–Kier alpha value is -3.92. The number of ether oxygens (including phenoxy) is 3. The molecule has 11 atom stereocenters. The van der Waals surface area contributed by atoms with Gasteiger partial charge in [-0.15, -0.1) is 0 Å². The van der Waals surface area contributed by atoms with E-state index in [1.165, 1.54) is 19.0 Å². The normalized spacial score (nSPS) is 35.5. The van der Waals surface area contributed by atoms with Crippen LogP contribution >= 0.6 is 11.6 Å². The van der Waals surface area contributed by atoms with E-state index in [1.807, 2.05) is 24.8 Å². The van der Waals surface area contributed by atoms with E-state index in [0.717, 1.165) is 12.8 Å². The number of rotatable bonds is 8. The number of carbonyl (C=O) groups is 5. The number of aliphatic carboxylic acids is 1. The van der Waals surface area contributed by atoms with Crippen LogP contribution in [0.25, 0.3) is 0 Å². The number of likely N-dealkylation sites (tertiary alicyclic amines) is 1. The molecule has 2 amide bonds. The molecule has 0 spiro atoms. The van der Waals surface area contributed by atoms with Crippen LogP contribution in [-0.2, 0) is 39.0 Å². The van der Waals surface area contributed by atoms with Crippen molar-refractivity contribution in [3.05, 3.63) is 40.4 Å². The summed E-state index contributed by atoms with van der Waals surface area (Å²) in [4.78, 5) is 78.8. The van der Waals surface area contributed by atoms with Crippen LogP contribution in [0.4, 0.5) is 15.3 Å². The summed E-state index contributed by atoms with van der Waals surface area (Å²) in [5.41, 5.74) is -8.94. The first-order chi connectivity index (χ1) is 27.6. The number of amides is 2. The highest BCUT2D eigenvalue weighted by molar-refractivity contribution is 6.33. The highest BCUT2D eigenvalue weighted by Crippen LogP contribution is 2.69. The summed E-state index contributed by atoms with van der Waals surface area (Å²) in [6.07, 6.45) is -2.29. The lowest BCUT2D eigenvalue weighted by Crippen LogP contribution is -2.84. The van der Waals surface area contributed by atoms with Crippen LogP contribution in [0.1, 0.15) is 114 Å². The number of esters is 1. The Balaban J connectivity index is 1.72. The van der Waals surface area contributed by atoms with Crippen molar-refractivity contribution in [1.29, 1.82) is 0 Å². The molecule has 2 unspecified atom stereocenters. The molecule has 2 saturated carbocycles. The maximum Gasteiger partial charge on any atom is 0.517 e. The quantitative estimate of drug-likeness (QED) is 0.135. The van der Waals surface area contributed by atoms with E-state index in [0.29, 0.717) is 25.0 Å². The lowest BCUT2D eigenvalue weighted by molar-refractivity contribution is -0.979. The number of halogens is 1. The highest BCUT2D eigenvalue weighted by atomic mass is 35.5.